The van der Waals surface area contributed by atoms with E-state index in [1.54, 1.807) is 13.1 Å². The number of phenols is 1. The van der Waals surface area contributed by atoms with Crippen LogP contribution in [0.3, 0.4) is 0 Å². The average molecular weight is 286 g/mol. The molecule has 2 rings (SSSR count). The van der Waals surface area contributed by atoms with Crippen LogP contribution in [0.25, 0.3) is 0 Å². The van der Waals surface area contributed by atoms with Gasteiger partial charge in [0.05, 0.1) is 4.92 Å². The van der Waals surface area contributed by atoms with Gasteiger partial charge in [-0.3, -0.25) is 14.9 Å². The van der Waals surface area contributed by atoms with Crippen LogP contribution in [0, 0.1) is 17.0 Å². The summed E-state index contributed by atoms with van der Waals surface area (Å²) in [6.07, 6.45) is 0. The number of carbonyl (C=O) groups excluding carboxylic acids is 1. The first-order valence-corrected chi connectivity index (χ1v) is 6.22. The first-order chi connectivity index (χ1) is 9.90. The molecule has 0 spiro atoms. The van der Waals surface area contributed by atoms with Crippen molar-refractivity contribution in [3.8, 4) is 5.75 Å². The Morgan fingerprint density at radius 1 is 1.24 bits per heavy atom. The molecule has 2 aromatic rings. The van der Waals surface area contributed by atoms with Gasteiger partial charge in [0.15, 0.2) is 5.75 Å². The summed E-state index contributed by atoms with van der Waals surface area (Å²) >= 11 is 0. The Labute approximate surface area is 121 Å². The fraction of sp³-hybridized carbons (Fsp3) is 0.133. The van der Waals surface area contributed by atoms with Crippen molar-refractivity contribution in [3.05, 3.63) is 63.7 Å². The van der Waals surface area contributed by atoms with Crippen molar-refractivity contribution < 1.29 is 14.8 Å². The first kappa shape index (κ1) is 14.5. The third kappa shape index (κ3) is 3.00. The van der Waals surface area contributed by atoms with Gasteiger partial charge in [-0.1, -0.05) is 12.1 Å². The lowest BCUT2D eigenvalue weighted by atomic mass is 10.1. The third-order valence-corrected chi connectivity index (χ3v) is 3.11. The van der Waals surface area contributed by atoms with Gasteiger partial charge in [-0.05, 0) is 36.8 Å². The number of anilines is 1. The number of rotatable bonds is 3. The number of hydrogen-bond donors (Lipinski definition) is 1. The lowest BCUT2D eigenvalue weighted by Crippen LogP contribution is -2.26. The van der Waals surface area contributed by atoms with Crippen LogP contribution >= 0.6 is 0 Å². The van der Waals surface area contributed by atoms with Crippen LogP contribution in [0.1, 0.15) is 15.9 Å². The number of nitro groups is 1. The highest BCUT2D eigenvalue weighted by atomic mass is 16.6. The molecule has 0 saturated carbocycles. The van der Waals surface area contributed by atoms with Crippen LogP contribution in [0.15, 0.2) is 42.5 Å². The Morgan fingerprint density at radius 2 is 1.95 bits per heavy atom. The molecule has 0 bridgehead atoms. The summed E-state index contributed by atoms with van der Waals surface area (Å²) in [7, 11) is 1.61. The normalized spacial score (nSPS) is 10.2. The largest absolute Gasteiger partial charge is 0.502 e. The van der Waals surface area contributed by atoms with Gasteiger partial charge in [0, 0.05) is 24.4 Å². The minimum atomic E-state index is -0.701. The third-order valence-electron chi connectivity index (χ3n) is 3.11. The quantitative estimate of drug-likeness (QED) is 0.694. The number of amides is 1. The summed E-state index contributed by atoms with van der Waals surface area (Å²) < 4.78 is 0. The van der Waals surface area contributed by atoms with Crippen LogP contribution < -0.4 is 4.90 Å². The van der Waals surface area contributed by atoms with Gasteiger partial charge in [-0.15, -0.1) is 0 Å². The minimum absolute atomic E-state index is 0.183. The van der Waals surface area contributed by atoms with Crippen molar-refractivity contribution in [3.63, 3.8) is 0 Å². The number of nitro benzene ring substituents is 1. The zero-order chi connectivity index (χ0) is 15.6. The Balaban J connectivity index is 2.32. The fourth-order valence-electron chi connectivity index (χ4n) is 1.96. The number of aryl methyl sites for hydroxylation is 1. The monoisotopic (exact) mass is 286 g/mol. The van der Waals surface area contributed by atoms with Crippen molar-refractivity contribution >= 4 is 17.3 Å². The zero-order valence-electron chi connectivity index (χ0n) is 11.6. The Morgan fingerprint density at radius 3 is 2.52 bits per heavy atom. The molecule has 6 heteroatoms. The van der Waals surface area contributed by atoms with Crippen LogP contribution in [0.2, 0.25) is 0 Å². The molecule has 0 heterocycles. The van der Waals surface area contributed by atoms with Gasteiger partial charge < -0.3 is 10.0 Å². The van der Waals surface area contributed by atoms with Gasteiger partial charge in [0.1, 0.15) is 0 Å². The number of phenolic OH excluding ortho intramolecular Hbond substituents is 1. The van der Waals surface area contributed by atoms with Crippen molar-refractivity contribution in [2.24, 2.45) is 0 Å². The Kier molecular flexibility index (Phi) is 3.89. The first-order valence-electron chi connectivity index (χ1n) is 6.22. The van der Waals surface area contributed by atoms with Crippen LogP contribution in [-0.2, 0) is 0 Å². The molecule has 0 aliphatic heterocycles. The van der Waals surface area contributed by atoms with E-state index >= 15 is 0 Å². The molecular formula is C15H14N2O4. The van der Waals surface area contributed by atoms with Crippen LogP contribution in [0.5, 0.6) is 5.75 Å². The maximum absolute atomic E-state index is 12.3. The molecule has 0 aliphatic rings. The Bertz CT molecular complexity index is 713. The second-order valence-corrected chi connectivity index (χ2v) is 4.66. The van der Waals surface area contributed by atoms with E-state index in [9.17, 15) is 20.0 Å². The summed E-state index contributed by atoms with van der Waals surface area (Å²) in [5.41, 5.74) is 1.48. The molecule has 6 nitrogen and oxygen atoms in total. The summed E-state index contributed by atoms with van der Waals surface area (Å²) in [5.74, 6) is -0.880. The summed E-state index contributed by atoms with van der Waals surface area (Å²) in [6, 6.07) is 10.9. The van der Waals surface area contributed by atoms with Gasteiger partial charge in [-0.25, -0.2) is 0 Å². The molecule has 108 valence electrons. The predicted molar refractivity (Wildman–Crippen MR) is 78.7 cm³/mol. The van der Waals surface area contributed by atoms with Gasteiger partial charge in [-0.2, -0.15) is 0 Å². The highest BCUT2D eigenvalue weighted by Gasteiger charge is 2.19. The Hall–Kier alpha value is -2.89. The molecule has 0 atom stereocenters. The molecule has 21 heavy (non-hydrogen) atoms. The standard InChI is InChI=1S/C15H14N2O4/c1-10-4-3-5-12(8-10)16(2)15(19)11-6-7-13(17(20)21)14(18)9-11/h3-9,18H,1-2H3. The smallest absolute Gasteiger partial charge is 0.310 e. The van der Waals surface area contributed by atoms with E-state index in [1.807, 2.05) is 25.1 Å². The van der Waals surface area contributed by atoms with Gasteiger partial charge in [0.2, 0.25) is 0 Å². The van der Waals surface area contributed by atoms with Crippen molar-refractivity contribution in [2.45, 2.75) is 6.92 Å². The van der Waals surface area contributed by atoms with E-state index in [4.69, 9.17) is 0 Å². The summed E-state index contributed by atoms with van der Waals surface area (Å²) in [6.45, 7) is 1.92. The molecule has 1 N–H and O–H groups in total. The summed E-state index contributed by atoms with van der Waals surface area (Å²) in [5, 5.41) is 20.2. The van der Waals surface area contributed by atoms with E-state index in [0.717, 1.165) is 17.7 Å². The SMILES string of the molecule is Cc1cccc(N(C)C(=O)c2ccc([N+](=O)[O-])c(O)c2)c1. The molecule has 0 saturated heterocycles. The minimum Gasteiger partial charge on any atom is -0.502 e. The number of aromatic hydroxyl groups is 1. The van der Waals surface area contributed by atoms with E-state index in [1.165, 1.54) is 11.0 Å². The lowest BCUT2D eigenvalue weighted by Gasteiger charge is -2.18. The lowest BCUT2D eigenvalue weighted by molar-refractivity contribution is -0.385. The fourth-order valence-corrected chi connectivity index (χ4v) is 1.96. The average Bonchev–Trinajstić information content (AvgIpc) is 2.45. The maximum Gasteiger partial charge on any atom is 0.310 e. The predicted octanol–water partition coefficient (Wildman–Crippen LogP) is 2.89. The number of hydrogen-bond acceptors (Lipinski definition) is 4. The molecule has 0 radical (unpaired) electrons. The van der Waals surface area contributed by atoms with Crippen molar-refractivity contribution in [1.82, 2.24) is 0 Å². The van der Waals surface area contributed by atoms with Crippen LogP contribution in [-0.4, -0.2) is 23.0 Å². The molecule has 2 aromatic carbocycles. The molecule has 0 aromatic heterocycles. The molecular weight excluding hydrogens is 272 g/mol. The molecule has 0 aliphatic carbocycles. The van der Waals surface area contributed by atoms with Crippen molar-refractivity contribution in [2.75, 3.05) is 11.9 Å². The van der Waals surface area contributed by atoms with Crippen LogP contribution in [0.4, 0.5) is 11.4 Å². The second-order valence-electron chi connectivity index (χ2n) is 4.66. The molecule has 1 amide bonds. The van der Waals surface area contributed by atoms with Gasteiger partial charge in [0.25, 0.3) is 5.91 Å². The van der Waals surface area contributed by atoms with E-state index in [2.05, 4.69) is 0 Å². The van der Waals surface area contributed by atoms with E-state index < -0.39 is 16.4 Å². The second kappa shape index (κ2) is 5.62. The molecule has 0 unspecified atom stereocenters. The zero-order valence-corrected chi connectivity index (χ0v) is 11.6. The highest BCUT2D eigenvalue weighted by molar-refractivity contribution is 6.06. The number of nitrogens with zero attached hydrogens (tertiary/aromatic N) is 2. The summed E-state index contributed by atoms with van der Waals surface area (Å²) in [4.78, 5) is 23.7. The maximum atomic E-state index is 12.3. The highest BCUT2D eigenvalue weighted by Crippen LogP contribution is 2.27. The number of benzene rings is 2. The van der Waals surface area contributed by atoms with E-state index in [-0.39, 0.29) is 11.5 Å². The number of carbonyl (C=O) groups is 1. The van der Waals surface area contributed by atoms with Gasteiger partial charge >= 0.3 is 5.69 Å². The topological polar surface area (TPSA) is 83.7 Å². The van der Waals surface area contributed by atoms with E-state index in [0.29, 0.717) is 5.69 Å². The molecule has 0 fully saturated rings. The van der Waals surface area contributed by atoms with Crippen molar-refractivity contribution in [1.29, 1.82) is 0 Å².